The number of fused-ring (bicyclic) bond motifs is 10. The van der Waals surface area contributed by atoms with E-state index in [1.54, 1.807) is 0 Å². The van der Waals surface area contributed by atoms with Gasteiger partial charge in [0, 0.05) is 27.2 Å². The van der Waals surface area contributed by atoms with Crippen molar-refractivity contribution in [2.45, 2.75) is 0 Å². The zero-order chi connectivity index (χ0) is 31.6. The van der Waals surface area contributed by atoms with Crippen molar-refractivity contribution in [1.29, 1.82) is 0 Å². The summed E-state index contributed by atoms with van der Waals surface area (Å²) in [6.45, 7) is 0. The Balaban J connectivity index is 1.29. The molecule has 9 aromatic carbocycles. The summed E-state index contributed by atoms with van der Waals surface area (Å²) in [7, 11) is 0. The molecule has 10 aromatic rings. The first-order chi connectivity index (χ1) is 23.8. The molecule has 0 radical (unpaired) electrons. The van der Waals surface area contributed by atoms with E-state index in [1.165, 1.54) is 48.8 Å². The summed E-state index contributed by atoms with van der Waals surface area (Å²) in [5, 5.41) is 11.9. The first-order valence-electron chi connectivity index (χ1n) is 16.4. The summed E-state index contributed by atoms with van der Waals surface area (Å²) >= 11 is 0. The smallest absolute Gasteiger partial charge is 0.159 e. The van der Waals surface area contributed by atoms with Crippen molar-refractivity contribution in [3.8, 4) is 11.1 Å². The largest absolute Gasteiger partial charge is 0.453 e. The lowest BCUT2D eigenvalue weighted by Crippen LogP contribution is -2.11. The Morgan fingerprint density at radius 3 is 1.73 bits per heavy atom. The van der Waals surface area contributed by atoms with Crippen LogP contribution in [-0.4, -0.2) is 0 Å². The Labute approximate surface area is 277 Å². The van der Waals surface area contributed by atoms with Crippen LogP contribution < -0.4 is 4.90 Å². The normalized spacial score (nSPS) is 11.8. The van der Waals surface area contributed by atoms with E-state index < -0.39 is 0 Å². The maximum atomic E-state index is 6.93. The summed E-state index contributed by atoms with van der Waals surface area (Å²) in [4.78, 5) is 2.39. The minimum Gasteiger partial charge on any atom is -0.453 e. The Bertz CT molecular complexity index is 2830. The van der Waals surface area contributed by atoms with Crippen LogP contribution in [-0.2, 0) is 0 Å². The first kappa shape index (κ1) is 26.8. The van der Waals surface area contributed by atoms with Gasteiger partial charge in [-0.05, 0) is 73.8 Å². The Morgan fingerprint density at radius 1 is 0.333 bits per heavy atom. The highest BCUT2D eigenvalue weighted by atomic mass is 16.3. The highest BCUT2D eigenvalue weighted by molar-refractivity contribution is 6.24. The quantitative estimate of drug-likeness (QED) is 0.184. The van der Waals surface area contributed by atoms with Gasteiger partial charge in [0.15, 0.2) is 5.58 Å². The molecule has 1 heterocycles. The summed E-state index contributed by atoms with van der Waals surface area (Å²) in [6, 6.07) is 63.2. The number of rotatable bonds is 4. The third-order valence-corrected chi connectivity index (χ3v) is 9.81. The van der Waals surface area contributed by atoms with E-state index in [-0.39, 0.29) is 0 Å². The fourth-order valence-corrected chi connectivity index (χ4v) is 7.57. The van der Waals surface area contributed by atoms with Crippen molar-refractivity contribution < 1.29 is 4.42 Å². The van der Waals surface area contributed by atoms with Crippen LogP contribution in [0, 0.1) is 0 Å². The van der Waals surface area contributed by atoms with E-state index in [0.29, 0.717) is 0 Å². The number of benzene rings is 9. The van der Waals surface area contributed by atoms with Crippen molar-refractivity contribution in [1.82, 2.24) is 0 Å². The van der Waals surface area contributed by atoms with Gasteiger partial charge in [-0.25, -0.2) is 0 Å². The second-order valence-electron chi connectivity index (χ2n) is 12.5. The lowest BCUT2D eigenvalue weighted by Gasteiger charge is -2.28. The minimum absolute atomic E-state index is 0.874. The van der Waals surface area contributed by atoms with Crippen molar-refractivity contribution in [3.63, 3.8) is 0 Å². The summed E-state index contributed by atoms with van der Waals surface area (Å²) < 4.78 is 6.93. The lowest BCUT2D eigenvalue weighted by atomic mass is 9.94. The summed E-state index contributed by atoms with van der Waals surface area (Å²) in [5.41, 5.74) is 7.36. The lowest BCUT2D eigenvalue weighted by molar-refractivity contribution is 0.673. The van der Waals surface area contributed by atoms with Crippen LogP contribution in [0.1, 0.15) is 0 Å². The van der Waals surface area contributed by atoms with Crippen LogP contribution in [0.15, 0.2) is 180 Å². The van der Waals surface area contributed by atoms with E-state index in [0.717, 1.165) is 44.4 Å². The van der Waals surface area contributed by atoms with Gasteiger partial charge in [-0.1, -0.05) is 146 Å². The fraction of sp³-hybridized carbons (Fsp3) is 0. The third kappa shape index (κ3) is 4.06. The number of para-hydroxylation sites is 1. The molecule has 224 valence electrons. The second-order valence-corrected chi connectivity index (χ2v) is 12.5. The maximum Gasteiger partial charge on any atom is 0.159 e. The van der Waals surface area contributed by atoms with Gasteiger partial charge in [0.1, 0.15) is 5.58 Å². The molecule has 0 unspecified atom stereocenters. The standard InChI is InChI=1S/C46H29NO/c1-2-11-30(12-3-1)31-23-26-35(27-24-31)47(42-20-10-19-40-41-28-25-33-14-5-7-16-37(33)45(41)48-46(40)42)43-29-34-22-21-32-13-4-6-15-36(32)44(34)39-18-9-8-17-38(39)43/h1-29H. The third-order valence-electron chi connectivity index (χ3n) is 9.81. The molecule has 2 heteroatoms. The van der Waals surface area contributed by atoms with Crippen LogP contribution in [0.4, 0.5) is 17.1 Å². The van der Waals surface area contributed by atoms with Crippen LogP contribution >= 0.6 is 0 Å². The molecule has 0 saturated heterocycles. The number of nitrogens with zero attached hydrogens (tertiary/aromatic N) is 1. The fourth-order valence-electron chi connectivity index (χ4n) is 7.57. The van der Waals surface area contributed by atoms with Crippen LogP contribution in [0.2, 0.25) is 0 Å². The monoisotopic (exact) mass is 611 g/mol. The van der Waals surface area contributed by atoms with Gasteiger partial charge in [-0.15, -0.1) is 0 Å². The average Bonchev–Trinajstić information content (AvgIpc) is 3.55. The van der Waals surface area contributed by atoms with Gasteiger partial charge in [-0.2, -0.15) is 0 Å². The van der Waals surface area contributed by atoms with E-state index in [2.05, 4.69) is 181 Å². The number of hydrogen-bond acceptors (Lipinski definition) is 2. The molecule has 48 heavy (non-hydrogen) atoms. The molecule has 1 aromatic heterocycles. The van der Waals surface area contributed by atoms with Gasteiger partial charge in [0.25, 0.3) is 0 Å². The molecule has 0 atom stereocenters. The van der Waals surface area contributed by atoms with Crippen molar-refractivity contribution in [2.75, 3.05) is 4.90 Å². The van der Waals surface area contributed by atoms with E-state index in [4.69, 9.17) is 4.42 Å². The Hall–Kier alpha value is -6.38. The average molecular weight is 612 g/mol. The second kappa shape index (κ2) is 10.6. The molecular weight excluding hydrogens is 583 g/mol. The zero-order valence-electron chi connectivity index (χ0n) is 26.1. The highest BCUT2D eigenvalue weighted by Crippen LogP contribution is 2.47. The topological polar surface area (TPSA) is 16.4 Å². The molecule has 0 fully saturated rings. The van der Waals surface area contributed by atoms with Gasteiger partial charge < -0.3 is 9.32 Å². The van der Waals surface area contributed by atoms with Gasteiger partial charge >= 0.3 is 0 Å². The summed E-state index contributed by atoms with van der Waals surface area (Å²) in [6.07, 6.45) is 0. The molecule has 0 N–H and O–H groups in total. The number of anilines is 3. The molecule has 0 spiro atoms. The molecule has 0 bridgehead atoms. The molecule has 0 aliphatic carbocycles. The van der Waals surface area contributed by atoms with Crippen LogP contribution in [0.25, 0.3) is 76.2 Å². The predicted octanol–water partition coefficient (Wildman–Crippen LogP) is 13.3. The van der Waals surface area contributed by atoms with Crippen molar-refractivity contribution >= 4 is 82.1 Å². The molecule has 0 amide bonds. The summed E-state index contributed by atoms with van der Waals surface area (Å²) in [5.74, 6) is 0. The molecule has 10 rings (SSSR count). The number of hydrogen-bond donors (Lipinski definition) is 0. The predicted molar refractivity (Wildman–Crippen MR) is 204 cm³/mol. The molecule has 0 aliphatic rings. The highest BCUT2D eigenvalue weighted by Gasteiger charge is 2.23. The molecule has 0 saturated carbocycles. The van der Waals surface area contributed by atoms with Gasteiger partial charge in [0.05, 0.1) is 11.4 Å². The molecular formula is C46H29NO. The Morgan fingerprint density at radius 2 is 0.917 bits per heavy atom. The number of furan rings is 1. The van der Waals surface area contributed by atoms with Crippen LogP contribution in [0.3, 0.4) is 0 Å². The first-order valence-corrected chi connectivity index (χ1v) is 16.4. The zero-order valence-corrected chi connectivity index (χ0v) is 26.1. The van der Waals surface area contributed by atoms with E-state index in [1.807, 2.05) is 0 Å². The maximum absolute atomic E-state index is 6.93. The van der Waals surface area contributed by atoms with Crippen molar-refractivity contribution in [3.05, 3.63) is 176 Å². The van der Waals surface area contributed by atoms with Gasteiger partial charge in [-0.3, -0.25) is 0 Å². The van der Waals surface area contributed by atoms with Crippen LogP contribution in [0.5, 0.6) is 0 Å². The van der Waals surface area contributed by atoms with Gasteiger partial charge in [0.2, 0.25) is 0 Å². The van der Waals surface area contributed by atoms with E-state index in [9.17, 15) is 0 Å². The molecule has 2 nitrogen and oxygen atoms in total. The molecule has 0 aliphatic heterocycles. The minimum atomic E-state index is 0.874. The van der Waals surface area contributed by atoms with Crippen molar-refractivity contribution in [2.24, 2.45) is 0 Å². The van der Waals surface area contributed by atoms with E-state index >= 15 is 0 Å². The SMILES string of the molecule is c1ccc(-c2ccc(N(c3cc4ccc5ccccc5c4c4ccccc34)c3cccc4c3oc3c5ccccc5ccc43)cc2)cc1. The Kier molecular flexibility index (Phi) is 5.91.